The fourth-order valence-electron chi connectivity index (χ4n) is 2.53. The second-order valence-corrected chi connectivity index (χ2v) is 7.28. The smallest absolute Gasteiger partial charge is 0.191 e. The Morgan fingerprint density at radius 3 is 2.59 bits per heavy atom. The summed E-state index contributed by atoms with van der Waals surface area (Å²) < 4.78 is 5.19. The van der Waals surface area contributed by atoms with Crippen LogP contribution in [0.1, 0.15) is 31.0 Å². The summed E-state index contributed by atoms with van der Waals surface area (Å²) in [7, 11) is 5.70. The maximum Gasteiger partial charge on any atom is 0.191 e. The van der Waals surface area contributed by atoms with Gasteiger partial charge < -0.3 is 20.3 Å². The summed E-state index contributed by atoms with van der Waals surface area (Å²) in [6, 6.07) is 8.30. The van der Waals surface area contributed by atoms with Crippen molar-refractivity contribution < 1.29 is 4.74 Å². The topological polar surface area (TPSA) is 61.8 Å². The maximum absolute atomic E-state index is 5.19. The summed E-state index contributed by atoms with van der Waals surface area (Å²) in [5, 5.41) is 9.78. The lowest BCUT2D eigenvalue weighted by atomic mass is 10.1. The van der Waals surface area contributed by atoms with Crippen molar-refractivity contribution in [2.24, 2.45) is 4.99 Å². The Hall–Kier alpha value is -2.28. The molecule has 2 N–H and O–H groups in total. The number of nitrogens with zero attached hydrogens (tertiary/aromatic N) is 3. The molecule has 2 aromatic rings. The van der Waals surface area contributed by atoms with Crippen molar-refractivity contribution >= 4 is 22.4 Å². The number of thiazole rings is 1. The SMILES string of the molecule is CCNC(=NCc1csc(N(C)C)n1)NCCCCc1ccc(OC)cc1. The Labute approximate surface area is 166 Å². The molecular formula is C20H31N5OS. The van der Waals surface area contributed by atoms with E-state index in [0.717, 1.165) is 54.9 Å². The molecule has 27 heavy (non-hydrogen) atoms. The zero-order valence-corrected chi connectivity index (χ0v) is 17.6. The van der Waals surface area contributed by atoms with Crippen molar-refractivity contribution in [3.8, 4) is 5.75 Å². The first-order valence-corrected chi connectivity index (χ1v) is 10.3. The zero-order valence-electron chi connectivity index (χ0n) is 16.8. The van der Waals surface area contributed by atoms with E-state index < -0.39 is 0 Å². The Bertz CT molecular complexity index is 697. The van der Waals surface area contributed by atoms with Gasteiger partial charge in [0.2, 0.25) is 0 Å². The number of guanidine groups is 1. The molecule has 148 valence electrons. The molecule has 1 aromatic heterocycles. The standard InChI is InChI=1S/C20H31N5OS/c1-5-21-19(23-14-17-15-27-20(24-17)25(2)3)22-13-7-6-8-16-9-11-18(26-4)12-10-16/h9-12,15H,5-8,13-14H2,1-4H3,(H2,21,22,23). The van der Waals surface area contributed by atoms with Crippen LogP contribution in [0.5, 0.6) is 5.75 Å². The fraction of sp³-hybridized carbons (Fsp3) is 0.500. The number of unbranched alkanes of at least 4 members (excludes halogenated alkanes) is 1. The van der Waals surface area contributed by atoms with Gasteiger partial charge in [0, 0.05) is 32.6 Å². The fourth-order valence-corrected chi connectivity index (χ4v) is 3.28. The van der Waals surface area contributed by atoms with Gasteiger partial charge >= 0.3 is 0 Å². The van der Waals surface area contributed by atoms with Gasteiger partial charge in [-0.1, -0.05) is 12.1 Å². The van der Waals surface area contributed by atoms with Gasteiger partial charge in [0.05, 0.1) is 19.3 Å². The summed E-state index contributed by atoms with van der Waals surface area (Å²) in [5.74, 6) is 1.76. The average molecular weight is 390 g/mol. The van der Waals surface area contributed by atoms with E-state index in [9.17, 15) is 0 Å². The zero-order chi connectivity index (χ0) is 19.5. The van der Waals surface area contributed by atoms with Crippen LogP contribution in [0.15, 0.2) is 34.6 Å². The molecule has 1 heterocycles. The van der Waals surface area contributed by atoms with Crippen LogP contribution in [0.4, 0.5) is 5.13 Å². The number of aryl methyl sites for hydroxylation is 1. The van der Waals surface area contributed by atoms with Gasteiger partial charge in [0.15, 0.2) is 11.1 Å². The quantitative estimate of drug-likeness (QED) is 0.371. The number of rotatable bonds is 10. The lowest BCUT2D eigenvalue weighted by molar-refractivity contribution is 0.414. The molecule has 0 saturated heterocycles. The number of aliphatic imine (C=N–C) groups is 1. The number of ether oxygens (including phenoxy) is 1. The number of anilines is 1. The third kappa shape index (κ3) is 7.46. The van der Waals surface area contributed by atoms with Crippen LogP contribution in [-0.2, 0) is 13.0 Å². The van der Waals surface area contributed by atoms with Gasteiger partial charge in [-0.3, -0.25) is 0 Å². The second kappa shape index (κ2) is 11.4. The monoisotopic (exact) mass is 389 g/mol. The normalized spacial score (nSPS) is 11.3. The Balaban J connectivity index is 1.72. The molecule has 0 radical (unpaired) electrons. The molecule has 0 atom stereocenters. The van der Waals surface area contributed by atoms with Crippen molar-refractivity contribution in [1.82, 2.24) is 15.6 Å². The van der Waals surface area contributed by atoms with E-state index in [1.165, 1.54) is 5.56 Å². The van der Waals surface area contributed by atoms with Crippen molar-refractivity contribution in [3.63, 3.8) is 0 Å². The van der Waals surface area contributed by atoms with Crippen LogP contribution in [0.25, 0.3) is 0 Å². The molecule has 0 bridgehead atoms. The lowest BCUT2D eigenvalue weighted by Crippen LogP contribution is -2.37. The van der Waals surface area contributed by atoms with E-state index in [0.29, 0.717) is 6.54 Å². The predicted molar refractivity (Wildman–Crippen MR) is 115 cm³/mol. The van der Waals surface area contributed by atoms with Gasteiger partial charge in [-0.25, -0.2) is 9.98 Å². The molecule has 7 heteroatoms. The molecule has 0 unspecified atom stereocenters. The van der Waals surface area contributed by atoms with Crippen molar-refractivity contribution in [2.45, 2.75) is 32.7 Å². The highest BCUT2D eigenvalue weighted by molar-refractivity contribution is 7.13. The van der Waals surface area contributed by atoms with E-state index in [1.54, 1.807) is 18.4 Å². The van der Waals surface area contributed by atoms with Crippen LogP contribution < -0.4 is 20.3 Å². The first-order chi connectivity index (χ1) is 13.1. The van der Waals surface area contributed by atoms with Gasteiger partial charge in [0.25, 0.3) is 0 Å². The van der Waals surface area contributed by atoms with Gasteiger partial charge in [0.1, 0.15) is 5.75 Å². The Kier molecular flexibility index (Phi) is 8.91. The van der Waals surface area contributed by atoms with E-state index in [1.807, 2.05) is 31.1 Å². The van der Waals surface area contributed by atoms with Gasteiger partial charge in [-0.05, 0) is 43.9 Å². The largest absolute Gasteiger partial charge is 0.497 e. The summed E-state index contributed by atoms with van der Waals surface area (Å²) in [6.45, 7) is 4.42. The third-order valence-corrected chi connectivity index (χ3v) is 5.07. The third-order valence-electron chi connectivity index (χ3n) is 4.01. The first kappa shape index (κ1) is 21.0. The van der Waals surface area contributed by atoms with E-state index >= 15 is 0 Å². The summed E-state index contributed by atoms with van der Waals surface area (Å²) in [4.78, 5) is 11.2. The van der Waals surface area contributed by atoms with Crippen molar-refractivity contribution in [2.75, 3.05) is 39.2 Å². The molecule has 2 rings (SSSR count). The summed E-state index contributed by atoms with van der Waals surface area (Å²) >= 11 is 1.64. The predicted octanol–water partition coefficient (Wildman–Crippen LogP) is 3.30. The Morgan fingerprint density at radius 2 is 1.96 bits per heavy atom. The molecule has 6 nitrogen and oxygen atoms in total. The molecule has 0 aliphatic rings. The van der Waals surface area contributed by atoms with Crippen LogP contribution in [0.3, 0.4) is 0 Å². The van der Waals surface area contributed by atoms with Gasteiger partial charge in [-0.15, -0.1) is 11.3 Å². The van der Waals surface area contributed by atoms with Crippen LogP contribution in [0.2, 0.25) is 0 Å². The average Bonchev–Trinajstić information content (AvgIpc) is 3.15. The number of hydrogen-bond acceptors (Lipinski definition) is 5. The lowest BCUT2D eigenvalue weighted by Gasteiger charge is -2.11. The molecule has 0 aliphatic carbocycles. The van der Waals surface area contributed by atoms with E-state index in [-0.39, 0.29) is 0 Å². The molecule has 1 aromatic carbocycles. The van der Waals surface area contributed by atoms with Crippen LogP contribution >= 0.6 is 11.3 Å². The minimum absolute atomic E-state index is 0.589. The van der Waals surface area contributed by atoms with Crippen molar-refractivity contribution in [3.05, 3.63) is 40.9 Å². The van der Waals surface area contributed by atoms with Crippen molar-refractivity contribution in [1.29, 1.82) is 0 Å². The molecule has 0 saturated carbocycles. The highest BCUT2D eigenvalue weighted by Gasteiger charge is 2.04. The summed E-state index contributed by atoms with van der Waals surface area (Å²) in [6.07, 6.45) is 3.31. The van der Waals surface area contributed by atoms with Gasteiger partial charge in [-0.2, -0.15) is 0 Å². The molecule has 0 amide bonds. The summed E-state index contributed by atoms with van der Waals surface area (Å²) in [5.41, 5.74) is 2.34. The number of hydrogen-bond donors (Lipinski definition) is 2. The highest BCUT2D eigenvalue weighted by Crippen LogP contribution is 2.18. The highest BCUT2D eigenvalue weighted by atomic mass is 32.1. The number of nitrogens with one attached hydrogen (secondary N) is 2. The Morgan fingerprint density at radius 1 is 1.19 bits per heavy atom. The number of benzene rings is 1. The molecule has 0 aliphatic heterocycles. The van der Waals surface area contributed by atoms with Crippen LogP contribution in [-0.4, -0.2) is 45.2 Å². The number of methoxy groups -OCH3 is 1. The van der Waals surface area contributed by atoms with E-state index in [4.69, 9.17) is 4.74 Å². The maximum atomic E-state index is 5.19. The minimum atomic E-state index is 0.589. The minimum Gasteiger partial charge on any atom is -0.497 e. The molecule has 0 spiro atoms. The number of aromatic nitrogens is 1. The molecule has 0 fully saturated rings. The van der Waals surface area contributed by atoms with Crippen LogP contribution in [0, 0.1) is 0 Å². The first-order valence-electron chi connectivity index (χ1n) is 9.39. The second-order valence-electron chi connectivity index (χ2n) is 6.44. The van der Waals surface area contributed by atoms with E-state index in [2.05, 4.69) is 45.0 Å². The molecular weight excluding hydrogens is 358 g/mol.